The second kappa shape index (κ2) is 6.93. The quantitative estimate of drug-likeness (QED) is 0.789. The van der Waals surface area contributed by atoms with Crippen LogP contribution in [0.3, 0.4) is 0 Å². The number of fused-ring (bicyclic) bond motifs is 1. The van der Waals surface area contributed by atoms with Gasteiger partial charge in [-0.3, -0.25) is 14.4 Å². The van der Waals surface area contributed by atoms with E-state index in [1.807, 2.05) is 0 Å². The summed E-state index contributed by atoms with van der Waals surface area (Å²) in [5.74, 6) is -2.16. The molecule has 0 aromatic heterocycles. The van der Waals surface area contributed by atoms with Crippen LogP contribution < -0.4 is 0 Å². The number of rotatable bonds is 4. The summed E-state index contributed by atoms with van der Waals surface area (Å²) < 4.78 is 31.4. The minimum Gasteiger partial charge on any atom is -0.481 e. The molecule has 9 nitrogen and oxygen atoms in total. The zero-order chi connectivity index (χ0) is 19.9. The number of ether oxygens (including phenoxy) is 1. The average Bonchev–Trinajstić information content (AvgIpc) is 2.80. The minimum atomic E-state index is -4.02. The van der Waals surface area contributed by atoms with Crippen molar-refractivity contribution < 1.29 is 32.6 Å². The number of carbonyl (C=O) groups excluding carboxylic acids is 2. The third-order valence-corrected chi connectivity index (χ3v) is 6.56. The van der Waals surface area contributed by atoms with Gasteiger partial charge in [0, 0.05) is 18.2 Å². The van der Waals surface area contributed by atoms with Crippen molar-refractivity contribution >= 4 is 27.8 Å². The van der Waals surface area contributed by atoms with E-state index in [0.717, 1.165) is 4.31 Å². The molecule has 1 unspecified atom stereocenters. The first kappa shape index (κ1) is 19.3. The number of hydrogen-bond donors (Lipinski definition) is 1. The molecule has 1 fully saturated rings. The van der Waals surface area contributed by atoms with Gasteiger partial charge in [0.2, 0.25) is 0 Å². The SMILES string of the molecule is CC(C)N1C(=O)c2ccc(C(=O)N3CCOCC3CC(=O)O)cc2S1(=O)=O. The average molecular weight is 396 g/mol. The lowest BCUT2D eigenvalue weighted by Crippen LogP contribution is -2.49. The van der Waals surface area contributed by atoms with E-state index in [-0.39, 0.29) is 42.2 Å². The molecule has 1 aromatic carbocycles. The number of sulfonamides is 1. The molecule has 0 spiro atoms. The summed E-state index contributed by atoms with van der Waals surface area (Å²) in [6.07, 6.45) is -0.269. The van der Waals surface area contributed by atoms with E-state index in [4.69, 9.17) is 9.84 Å². The van der Waals surface area contributed by atoms with Gasteiger partial charge >= 0.3 is 5.97 Å². The van der Waals surface area contributed by atoms with Gasteiger partial charge in [0.25, 0.3) is 21.8 Å². The molecule has 1 aromatic rings. The number of benzene rings is 1. The zero-order valence-electron chi connectivity index (χ0n) is 14.9. The Morgan fingerprint density at radius 2 is 2.04 bits per heavy atom. The van der Waals surface area contributed by atoms with Crippen molar-refractivity contribution in [2.45, 2.75) is 37.2 Å². The van der Waals surface area contributed by atoms with Gasteiger partial charge in [-0.05, 0) is 32.0 Å². The fraction of sp³-hybridized carbons (Fsp3) is 0.471. The fourth-order valence-corrected chi connectivity index (χ4v) is 5.14. The molecule has 1 atom stereocenters. The monoisotopic (exact) mass is 396 g/mol. The van der Waals surface area contributed by atoms with E-state index in [9.17, 15) is 22.8 Å². The maximum Gasteiger partial charge on any atom is 0.305 e. The number of amides is 2. The van der Waals surface area contributed by atoms with Crippen LogP contribution in [0, 0.1) is 0 Å². The molecule has 3 rings (SSSR count). The van der Waals surface area contributed by atoms with Crippen molar-refractivity contribution in [1.29, 1.82) is 0 Å². The van der Waals surface area contributed by atoms with Gasteiger partial charge in [0.15, 0.2) is 0 Å². The number of hydrogen-bond acceptors (Lipinski definition) is 6. The third-order valence-electron chi connectivity index (χ3n) is 4.56. The van der Waals surface area contributed by atoms with E-state index >= 15 is 0 Å². The van der Waals surface area contributed by atoms with Gasteiger partial charge < -0.3 is 14.7 Å². The second-order valence-electron chi connectivity index (χ2n) is 6.74. The maximum absolute atomic E-state index is 12.9. The number of morpholine rings is 1. The molecular formula is C17H20N2O7S. The van der Waals surface area contributed by atoms with Crippen LogP contribution in [0.15, 0.2) is 23.1 Å². The van der Waals surface area contributed by atoms with Gasteiger partial charge in [0.05, 0.1) is 31.2 Å². The lowest BCUT2D eigenvalue weighted by Gasteiger charge is -2.34. The Morgan fingerprint density at radius 1 is 1.33 bits per heavy atom. The highest BCUT2D eigenvalue weighted by molar-refractivity contribution is 7.90. The number of aliphatic carboxylic acids is 1. The van der Waals surface area contributed by atoms with Gasteiger partial charge in [-0.15, -0.1) is 0 Å². The first-order valence-corrected chi connectivity index (χ1v) is 9.92. The Hall–Kier alpha value is -2.46. The number of carboxylic acid groups (broad SMARTS) is 1. The molecule has 10 heteroatoms. The number of nitrogens with zero attached hydrogens (tertiary/aromatic N) is 2. The Labute approximate surface area is 156 Å². The Balaban J connectivity index is 1.96. The van der Waals surface area contributed by atoms with Crippen molar-refractivity contribution in [3.8, 4) is 0 Å². The van der Waals surface area contributed by atoms with Crippen LogP contribution in [-0.4, -0.2) is 72.4 Å². The molecule has 0 saturated carbocycles. The first-order valence-electron chi connectivity index (χ1n) is 8.48. The number of carboxylic acids is 1. The maximum atomic E-state index is 12.9. The van der Waals surface area contributed by atoms with E-state index < -0.39 is 39.9 Å². The topological polar surface area (TPSA) is 121 Å². The van der Waals surface area contributed by atoms with Crippen LogP contribution >= 0.6 is 0 Å². The molecule has 2 amide bonds. The normalized spacial score (nSPS) is 21.4. The van der Waals surface area contributed by atoms with Crippen LogP contribution in [0.25, 0.3) is 0 Å². The lowest BCUT2D eigenvalue weighted by atomic mass is 10.1. The summed E-state index contributed by atoms with van der Waals surface area (Å²) in [6.45, 7) is 3.76. The molecular weight excluding hydrogens is 376 g/mol. The van der Waals surface area contributed by atoms with Crippen LogP contribution in [0.2, 0.25) is 0 Å². The predicted octanol–water partition coefficient (Wildman–Crippen LogP) is 0.555. The van der Waals surface area contributed by atoms with Crippen LogP contribution in [-0.2, 0) is 19.6 Å². The second-order valence-corrected chi connectivity index (χ2v) is 8.52. The Morgan fingerprint density at radius 3 is 2.67 bits per heavy atom. The molecule has 0 radical (unpaired) electrons. The van der Waals surface area contributed by atoms with Crippen LogP contribution in [0.5, 0.6) is 0 Å². The summed E-state index contributed by atoms with van der Waals surface area (Å²) in [5, 5.41) is 9.03. The smallest absolute Gasteiger partial charge is 0.305 e. The highest BCUT2D eigenvalue weighted by atomic mass is 32.2. The Bertz CT molecular complexity index is 910. The summed E-state index contributed by atoms with van der Waals surface area (Å²) in [6, 6.07) is 2.74. The van der Waals surface area contributed by atoms with Crippen molar-refractivity contribution in [2.75, 3.05) is 19.8 Å². The standard InChI is InChI=1S/C17H20N2O7S/c1-10(2)19-17(23)13-4-3-11(7-14(13)27(19,24)25)16(22)18-5-6-26-9-12(18)8-15(20)21/h3-4,7,10,12H,5-6,8-9H2,1-2H3,(H,20,21). The Kier molecular flexibility index (Phi) is 4.96. The molecule has 2 aliphatic heterocycles. The van der Waals surface area contributed by atoms with Crippen molar-refractivity contribution in [3.05, 3.63) is 29.3 Å². The molecule has 146 valence electrons. The number of carbonyl (C=O) groups is 3. The summed E-state index contributed by atoms with van der Waals surface area (Å²) in [5.41, 5.74) is 0.123. The molecule has 1 saturated heterocycles. The van der Waals surface area contributed by atoms with Crippen LogP contribution in [0.1, 0.15) is 41.0 Å². The fourth-order valence-electron chi connectivity index (χ4n) is 3.35. The van der Waals surface area contributed by atoms with Gasteiger partial charge in [-0.25, -0.2) is 12.7 Å². The largest absolute Gasteiger partial charge is 0.481 e. The summed E-state index contributed by atoms with van der Waals surface area (Å²) in [7, 11) is -4.02. The van der Waals surface area contributed by atoms with E-state index in [1.165, 1.54) is 23.1 Å². The van der Waals surface area contributed by atoms with Crippen molar-refractivity contribution in [3.63, 3.8) is 0 Å². The van der Waals surface area contributed by atoms with Gasteiger partial charge in [-0.2, -0.15) is 0 Å². The van der Waals surface area contributed by atoms with Gasteiger partial charge in [0.1, 0.15) is 4.90 Å². The predicted molar refractivity (Wildman–Crippen MR) is 92.8 cm³/mol. The molecule has 27 heavy (non-hydrogen) atoms. The molecule has 0 aliphatic carbocycles. The van der Waals surface area contributed by atoms with Crippen molar-refractivity contribution in [2.24, 2.45) is 0 Å². The first-order chi connectivity index (χ1) is 12.6. The third kappa shape index (κ3) is 3.30. The van der Waals surface area contributed by atoms with E-state index in [0.29, 0.717) is 0 Å². The van der Waals surface area contributed by atoms with Gasteiger partial charge in [-0.1, -0.05) is 0 Å². The summed E-state index contributed by atoms with van der Waals surface area (Å²) >= 11 is 0. The zero-order valence-corrected chi connectivity index (χ0v) is 15.7. The highest BCUT2D eigenvalue weighted by Gasteiger charge is 2.43. The summed E-state index contributed by atoms with van der Waals surface area (Å²) in [4.78, 5) is 37.5. The van der Waals surface area contributed by atoms with E-state index in [2.05, 4.69) is 0 Å². The van der Waals surface area contributed by atoms with Crippen LogP contribution in [0.4, 0.5) is 0 Å². The molecule has 1 N–H and O–H groups in total. The lowest BCUT2D eigenvalue weighted by molar-refractivity contribution is -0.139. The highest BCUT2D eigenvalue weighted by Crippen LogP contribution is 2.33. The molecule has 2 aliphatic rings. The van der Waals surface area contributed by atoms with E-state index in [1.54, 1.807) is 13.8 Å². The minimum absolute atomic E-state index is 0.0318. The van der Waals surface area contributed by atoms with Crippen molar-refractivity contribution in [1.82, 2.24) is 9.21 Å². The molecule has 0 bridgehead atoms. The molecule has 2 heterocycles.